The highest BCUT2D eigenvalue weighted by molar-refractivity contribution is 5.71. The van der Waals surface area contributed by atoms with Gasteiger partial charge in [0.25, 0.3) is 0 Å². The van der Waals surface area contributed by atoms with Gasteiger partial charge in [0.2, 0.25) is 0 Å². The Balaban J connectivity index is 2.15. The Labute approximate surface area is 190 Å². The van der Waals surface area contributed by atoms with Crippen LogP contribution in [0.5, 0.6) is 0 Å². The summed E-state index contributed by atoms with van der Waals surface area (Å²) in [5.41, 5.74) is -0.394. The van der Waals surface area contributed by atoms with Crippen LogP contribution in [-0.2, 0) is 9.47 Å². The highest BCUT2D eigenvalue weighted by atomic mass is 16.6. The number of allylic oxidation sites excluding steroid dienone is 4. The second-order valence-electron chi connectivity index (χ2n) is 10.2. The predicted octanol–water partition coefficient (Wildman–Crippen LogP) is 7.21. The smallest absolute Gasteiger partial charge is 0.417 e. The van der Waals surface area contributed by atoms with Crippen LogP contribution in [0.3, 0.4) is 0 Å². The second kappa shape index (κ2) is 11.8. The molecule has 31 heavy (non-hydrogen) atoms. The van der Waals surface area contributed by atoms with Gasteiger partial charge in [0.1, 0.15) is 12.3 Å². The lowest BCUT2D eigenvalue weighted by atomic mass is 9.79. The molecule has 2 aliphatic rings. The summed E-state index contributed by atoms with van der Waals surface area (Å²) in [5.74, 6) is 3.52. The molecule has 0 spiro atoms. The van der Waals surface area contributed by atoms with Gasteiger partial charge in [0.05, 0.1) is 11.3 Å². The van der Waals surface area contributed by atoms with E-state index in [0.29, 0.717) is 17.5 Å². The fraction of sp³-hybridized carbons (Fsp3) is 0.741. The monoisotopic (exact) mass is 429 g/mol. The maximum atomic E-state index is 13.3. The lowest BCUT2D eigenvalue weighted by Gasteiger charge is -2.40. The quantitative estimate of drug-likeness (QED) is 0.232. The van der Waals surface area contributed by atoms with E-state index in [4.69, 9.17) is 15.9 Å². The normalized spacial score (nSPS) is 19.9. The Morgan fingerprint density at radius 2 is 1.48 bits per heavy atom. The molecule has 0 aromatic heterocycles. The Bertz CT molecular complexity index is 671. The van der Waals surface area contributed by atoms with Gasteiger partial charge < -0.3 is 9.47 Å². The standard InChI is InChI=1S/C27H43NO3/c1-7-9-20-24(8-2)28(21-30-26(3,4)22-16-12-10-13-17-22)25(29)31-27(5,6)23-18-14-11-15-19-23/h2,7,9,20,22-23H,10-19,21H2,1,3-6H3. The van der Waals surface area contributed by atoms with E-state index in [9.17, 15) is 4.79 Å². The van der Waals surface area contributed by atoms with Crippen molar-refractivity contribution in [2.24, 2.45) is 11.8 Å². The van der Waals surface area contributed by atoms with E-state index in [1.807, 2.05) is 32.9 Å². The lowest BCUT2D eigenvalue weighted by Crippen LogP contribution is -2.45. The summed E-state index contributed by atoms with van der Waals surface area (Å²) in [4.78, 5) is 14.8. The van der Waals surface area contributed by atoms with Crippen LogP contribution >= 0.6 is 0 Å². The Kier molecular flexibility index (Phi) is 9.69. The maximum Gasteiger partial charge on any atom is 0.417 e. The Morgan fingerprint density at radius 1 is 0.968 bits per heavy atom. The highest BCUT2D eigenvalue weighted by Gasteiger charge is 2.37. The minimum atomic E-state index is -0.533. The minimum absolute atomic E-state index is 0.0939. The molecule has 174 valence electrons. The van der Waals surface area contributed by atoms with Crippen molar-refractivity contribution < 1.29 is 14.3 Å². The number of rotatable bonds is 8. The van der Waals surface area contributed by atoms with Gasteiger partial charge in [0.15, 0.2) is 0 Å². The highest BCUT2D eigenvalue weighted by Crippen LogP contribution is 2.37. The van der Waals surface area contributed by atoms with Crippen molar-refractivity contribution in [2.45, 2.75) is 110 Å². The molecule has 2 rings (SSSR count). The van der Waals surface area contributed by atoms with E-state index >= 15 is 0 Å². The van der Waals surface area contributed by atoms with Crippen molar-refractivity contribution in [2.75, 3.05) is 6.73 Å². The van der Waals surface area contributed by atoms with Crippen LogP contribution in [0.1, 0.15) is 98.8 Å². The van der Waals surface area contributed by atoms with Crippen LogP contribution in [0.15, 0.2) is 23.9 Å². The van der Waals surface area contributed by atoms with Crippen LogP contribution in [0.2, 0.25) is 0 Å². The summed E-state index contributed by atoms with van der Waals surface area (Å²) in [7, 11) is 0. The van der Waals surface area contributed by atoms with Gasteiger partial charge in [0, 0.05) is 0 Å². The number of amides is 1. The molecule has 1 amide bonds. The third-order valence-electron chi connectivity index (χ3n) is 7.20. The molecular formula is C27H43NO3. The molecule has 0 heterocycles. The molecule has 4 nitrogen and oxygen atoms in total. The number of nitrogens with zero attached hydrogens (tertiary/aromatic N) is 1. The summed E-state index contributed by atoms with van der Waals surface area (Å²) >= 11 is 0. The third kappa shape index (κ3) is 7.42. The van der Waals surface area contributed by atoms with Crippen LogP contribution in [0, 0.1) is 24.2 Å². The zero-order chi connectivity index (χ0) is 22.9. The first-order chi connectivity index (χ1) is 14.7. The van der Waals surface area contributed by atoms with Crippen LogP contribution in [-0.4, -0.2) is 28.9 Å². The number of carbonyl (C=O) groups excluding carboxylic acids is 1. The molecule has 0 aromatic carbocycles. The van der Waals surface area contributed by atoms with E-state index in [0.717, 1.165) is 12.8 Å². The first-order valence-corrected chi connectivity index (χ1v) is 12.2. The van der Waals surface area contributed by atoms with Crippen molar-refractivity contribution in [1.82, 2.24) is 4.90 Å². The van der Waals surface area contributed by atoms with Gasteiger partial charge >= 0.3 is 6.09 Å². The van der Waals surface area contributed by atoms with Gasteiger partial charge in [-0.15, -0.1) is 6.42 Å². The van der Waals surface area contributed by atoms with Crippen molar-refractivity contribution in [3.8, 4) is 12.3 Å². The predicted molar refractivity (Wildman–Crippen MR) is 127 cm³/mol. The molecule has 0 aromatic rings. The molecule has 0 radical (unpaired) electrons. The summed E-state index contributed by atoms with van der Waals surface area (Å²) in [6.45, 7) is 10.3. The average molecular weight is 430 g/mol. The van der Waals surface area contributed by atoms with E-state index < -0.39 is 11.7 Å². The van der Waals surface area contributed by atoms with Crippen molar-refractivity contribution in [3.63, 3.8) is 0 Å². The number of ether oxygens (including phenoxy) is 2. The number of terminal acetylenes is 1. The molecule has 0 bridgehead atoms. The topological polar surface area (TPSA) is 38.8 Å². The molecule has 0 N–H and O–H groups in total. The van der Waals surface area contributed by atoms with Gasteiger partial charge in [-0.25, -0.2) is 9.69 Å². The SMILES string of the molecule is C#CC(=CC=CC)N(COC(C)(C)C1CCCCC1)C(=O)OC(C)(C)C1CCCCC1. The fourth-order valence-electron chi connectivity index (χ4n) is 4.93. The van der Waals surface area contributed by atoms with Crippen molar-refractivity contribution in [1.29, 1.82) is 0 Å². The molecular weight excluding hydrogens is 386 g/mol. The summed E-state index contributed by atoms with van der Waals surface area (Å²) in [5, 5.41) is 0. The van der Waals surface area contributed by atoms with E-state index in [2.05, 4.69) is 19.8 Å². The zero-order valence-corrected chi connectivity index (χ0v) is 20.4. The molecule has 0 saturated heterocycles. The average Bonchev–Trinajstić information content (AvgIpc) is 2.76. The number of hydrogen-bond donors (Lipinski definition) is 0. The molecule has 2 fully saturated rings. The third-order valence-corrected chi connectivity index (χ3v) is 7.20. The summed E-state index contributed by atoms with van der Waals surface area (Å²) in [6, 6.07) is 0. The lowest BCUT2D eigenvalue weighted by molar-refractivity contribution is -0.107. The van der Waals surface area contributed by atoms with E-state index in [1.165, 1.54) is 56.3 Å². The molecule has 0 unspecified atom stereocenters. The molecule has 2 aliphatic carbocycles. The Morgan fingerprint density at radius 3 is 1.97 bits per heavy atom. The number of hydrogen-bond acceptors (Lipinski definition) is 3. The largest absolute Gasteiger partial charge is 0.443 e. The zero-order valence-electron chi connectivity index (χ0n) is 20.4. The van der Waals surface area contributed by atoms with E-state index in [1.54, 1.807) is 6.08 Å². The van der Waals surface area contributed by atoms with Gasteiger partial charge in [-0.1, -0.05) is 56.6 Å². The number of carbonyl (C=O) groups is 1. The first kappa shape index (κ1) is 25.5. The minimum Gasteiger partial charge on any atom is -0.443 e. The van der Waals surface area contributed by atoms with Crippen LogP contribution in [0.4, 0.5) is 4.79 Å². The maximum absolute atomic E-state index is 13.3. The van der Waals surface area contributed by atoms with Gasteiger partial charge in [-0.2, -0.15) is 0 Å². The van der Waals surface area contributed by atoms with E-state index in [-0.39, 0.29) is 12.3 Å². The van der Waals surface area contributed by atoms with Gasteiger partial charge in [-0.05, 0) is 78.2 Å². The molecule has 0 aliphatic heterocycles. The second-order valence-corrected chi connectivity index (χ2v) is 10.2. The van der Waals surface area contributed by atoms with Crippen molar-refractivity contribution >= 4 is 6.09 Å². The first-order valence-electron chi connectivity index (χ1n) is 12.2. The molecule has 0 atom stereocenters. The summed E-state index contributed by atoms with van der Waals surface area (Å²) in [6.07, 6.45) is 22.9. The van der Waals surface area contributed by atoms with Crippen LogP contribution in [0.25, 0.3) is 0 Å². The Hall–Kier alpha value is -1.73. The van der Waals surface area contributed by atoms with Gasteiger partial charge in [-0.3, -0.25) is 0 Å². The summed E-state index contributed by atoms with van der Waals surface area (Å²) < 4.78 is 12.4. The molecule has 4 heteroatoms. The van der Waals surface area contributed by atoms with Crippen LogP contribution < -0.4 is 0 Å². The van der Waals surface area contributed by atoms with Crippen molar-refractivity contribution in [3.05, 3.63) is 23.9 Å². The fourth-order valence-corrected chi connectivity index (χ4v) is 4.93. The molecule has 2 saturated carbocycles.